The van der Waals surface area contributed by atoms with Crippen LogP contribution >= 0.6 is 0 Å². The van der Waals surface area contributed by atoms with Crippen LogP contribution in [0, 0.1) is 6.92 Å². The molecule has 0 saturated heterocycles. The number of imide groups is 2. The highest BCUT2D eigenvalue weighted by Crippen LogP contribution is 2.43. The molecule has 0 fully saturated rings. The molecular formula is C42H25F3N6O8. The van der Waals surface area contributed by atoms with E-state index in [0.29, 0.717) is 22.3 Å². The highest BCUT2D eigenvalue weighted by atomic mass is 19.4. The first kappa shape index (κ1) is 37.7. The lowest BCUT2D eigenvalue weighted by atomic mass is 9.94. The molecular weight excluding hydrogens is 773 g/mol. The van der Waals surface area contributed by atoms with Crippen molar-refractivity contribution in [2.45, 2.75) is 13.1 Å². The number of nitrogens with two attached hydrogens (primary N) is 2. The highest BCUT2D eigenvalue weighted by molar-refractivity contribution is 6.35. The summed E-state index contributed by atoms with van der Waals surface area (Å²) in [4.78, 5) is 88.7. The molecule has 0 unspecified atom stereocenters. The number of carbonyl (C=O) groups is 6. The van der Waals surface area contributed by atoms with Gasteiger partial charge >= 0.3 is 18.1 Å². The molecule has 2 aromatic heterocycles. The lowest BCUT2D eigenvalue weighted by Gasteiger charge is -2.21. The molecule has 6 aromatic rings. The van der Waals surface area contributed by atoms with E-state index in [0.717, 1.165) is 17.0 Å². The van der Waals surface area contributed by atoms with Gasteiger partial charge in [0.1, 0.15) is 0 Å². The van der Waals surface area contributed by atoms with Gasteiger partial charge in [0.25, 0.3) is 23.6 Å². The average Bonchev–Trinajstić information content (AvgIpc) is 3.61. The summed E-state index contributed by atoms with van der Waals surface area (Å²) in [5.74, 6) is -5.24. The van der Waals surface area contributed by atoms with Gasteiger partial charge in [0, 0.05) is 12.1 Å². The third-order valence-electron chi connectivity index (χ3n) is 9.48. The highest BCUT2D eigenvalue weighted by Gasteiger charge is 2.41. The van der Waals surface area contributed by atoms with Crippen molar-refractivity contribution in [3.63, 3.8) is 0 Å². The molecule has 0 atom stereocenters. The number of aryl methyl sites for hydroxylation is 1. The molecule has 2 aliphatic rings. The second-order valence-electron chi connectivity index (χ2n) is 13.3. The average molecular weight is 799 g/mol. The van der Waals surface area contributed by atoms with Gasteiger partial charge in [-0.2, -0.15) is 13.2 Å². The molecule has 4 heterocycles. The van der Waals surface area contributed by atoms with Crippen LogP contribution < -0.4 is 30.7 Å². The molecule has 0 saturated carbocycles. The minimum absolute atomic E-state index is 0.00591. The molecule has 0 bridgehead atoms. The molecule has 59 heavy (non-hydrogen) atoms. The van der Waals surface area contributed by atoms with Crippen LogP contribution in [0.2, 0.25) is 0 Å². The summed E-state index contributed by atoms with van der Waals surface area (Å²) in [7, 11) is 0. The lowest BCUT2D eigenvalue weighted by molar-refractivity contribution is -0.137. The molecule has 4 N–H and O–H groups in total. The molecule has 2 aliphatic heterocycles. The Balaban J connectivity index is 1.04. The number of esters is 2. The van der Waals surface area contributed by atoms with Crippen molar-refractivity contribution in [3.05, 3.63) is 154 Å². The Morgan fingerprint density at radius 3 is 1.39 bits per heavy atom. The number of hydrogen-bond acceptors (Lipinski definition) is 12. The normalized spacial score (nSPS) is 13.4. The predicted molar refractivity (Wildman–Crippen MR) is 204 cm³/mol. The number of anilines is 4. The van der Waals surface area contributed by atoms with Gasteiger partial charge in [-0.15, -0.1) is 0 Å². The van der Waals surface area contributed by atoms with E-state index in [2.05, 4.69) is 9.97 Å². The van der Waals surface area contributed by atoms with E-state index in [9.17, 15) is 41.9 Å². The quantitative estimate of drug-likeness (QED) is 0.128. The van der Waals surface area contributed by atoms with E-state index < -0.39 is 47.3 Å². The van der Waals surface area contributed by atoms with Gasteiger partial charge in [-0.1, -0.05) is 12.1 Å². The summed E-state index contributed by atoms with van der Waals surface area (Å²) in [5.41, 5.74) is 9.76. The molecule has 4 amide bonds. The van der Waals surface area contributed by atoms with Crippen molar-refractivity contribution in [2.24, 2.45) is 0 Å². The third kappa shape index (κ3) is 6.75. The van der Waals surface area contributed by atoms with Crippen molar-refractivity contribution in [1.82, 2.24) is 9.97 Å². The molecule has 14 nitrogen and oxygen atoms in total. The van der Waals surface area contributed by atoms with Gasteiger partial charge in [-0.3, -0.25) is 19.2 Å². The Hall–Kier alpha value is -8.21. The summed E-state index contributed by atoms with van der Waals surface area (Å²) in [6, 6.07) is 19.9. The maximum atomic E-state index is 14.7. The second-order valence-corrected chi connectivity index (χ2v) is 13.3. The molecule has 0 spiro atoms. The smallest absolute Gasteiger partial charge is 0.404 e. The van der Waals surface area contributed by atoms with Crippen LogP contribution in [0.5, 0.6) is 11.8 Å². The maximum Gasteiger partial charge on any atom is 0.417 e. The first-order chi connectivity index (χ1) is 28.1. The fourth-order valence-electron chi connectivity index (χ4n) is 6.65. The number of nitrogens with zero attached hydrogens (tertiary/aromatic N) is 4. The number of pyridine rings is 2. The van der Waals surface area contributed by atoms with Crippen LogP contribution in [0.25, 0.3) is 11.1 Å². The summed E-state index contributed by atoms with van der Waals surface area (Å²) in [5, 5.41) is 0. The number of aromatic nitrogens is 2. The van der Waals surface area contributed by atoms with Crippen molar-refractivity contribution < 1.29 is 51.4 Å². The Bertz CT molecular complexity index is 2830. The molecule has 0 aliphatic carbocycles. The van der Waals surface area contributed by atoms with Crippen molar-refractivity contribution >= 4 is 58.3 Å². The van der Waals surface area contributed by atoms with Crippen molar-refractivity contribution in [3.8, 4) is 22.9 Å². The Kier molecular flexibility index (Phi) is 8.99. The Morgan fingerprint density at radius 1 is 0.542 bits per heavy atom. The number of hydrogen-bond donors (Lipinski definition) is 2. The monoisotopic (exact) mass is 798 g/mol. The minimum Gasteiger partial charge on any atom is -0.404 e. The minimum atomic E-state index is -4.98. The van der Waals surface area contributed by atoms with E-state index in [1.165, 1.54) is 98.2 Å². The van der Waals surface area contributed by atoms with Gasteiger partial charge < -0.3 is 20.9 Å². The van der Waals surface area contributed by atoms with E-state index in [4.69, 9.17) is 20.9 Å². The number of alkyl halides is 3. The van der Waals surface area contributed by atoms with Gasteiger partial charge in [-0.25, -0.2) is 29.4 Å². The Morgan fingerprint density at radius 2 is 0.966 bits per heavy atom. The predicted octanol–water partition coefficient (Wildman–Crippen LogP) is 6.67. The van der Waals surface area contributed by atoms with Gasteiger partial charge in [0.05, 0.1) is 74.1 Å². The van der Waals surface area contributed by atoms with E-state index in [1.807, 2.05) is 0 Å². The molecule has 4 aromatic carbocycles. The zero-order chi connectivity index (χ0) is 41.9. The van der Waals surface area contributed by atoms with Gasteiger partial charge in [0.15, 0.2) is 0 Å². The SMILES string of the molecule is Cc1cc(N2C(=O)c3ccc(C(=O)Oc4ccc(N)cn4)cc3C2=O)ccc1-c1ccc(N2C(=O)c3ccc(C(=O)Oc4ccc(N)cn4)cc3C2=O)cc1C(F)(F)F. The number of benzene rings is 4. The van der Waals surface area contributed by atoms with Crippen LogP contribution in [0.3, 0.4) is 0 Å². The van der Waals surface area contributed by atoms with E-state index in [-0.39, 0.29) is 73.2 Å². The number of amides is 4. The molecule has 0 radical (unpaired) electrons. The summed E-state index contributed by atoms with van der Waals surface area (Å²) in [6.45, 7) is 1.49. The number of carbonyl (C=O) groups excluding carboxylic acids is 6. The number of rotatable bonds is 7. The fraction of sp³-hybridized carbons (Fsp3) is 0.0476. The second kappa shape index (κ2) is 14.1. The maximum absolute atomic E-state index is 14.7. The van der Waals surface area contributed by atoms with E-state index in [1.54, 1.807) is 0 Å². The molecule has 17 heteroatoms. The van der Waals surface area contributed by atoms with Gasteiger partial charge in [-0.05, 0) is 96.4 Å². The number of fused-ring (bicyclic) bond motifs is 2. The van der Waals surface area contributed by atoms with Crippen LogP contribution in [0.4, 0.5) is 35.9 Å². The first-order valence-electron chi connectivity index (χ1n) is 17.3. The standard InChI is InChI=1S/C42H25F3N6O8/c1-20-14-25(50-36(52)29-8-2-21(15-31(29)38(50)54)40(56)58-34-12-4-23(46)18-48-34)6-10-27(20)28-11-7-26(17-33(28)42(43,44)45)51-37(53)30-9-3-22(16-32(30)39(51)55)41(57)59-35-13-5-24(47)19-49-35/h2-19H,46-47H2,1H3. The van der Waals surface area contributed by atoms with E-state index >= 15 is 0 Å². The molecule has 292 valence electrons. The van der Waals surface area contributed by atoms with Crippen LogP contribution in [-0.4, -0.2) is 45.5 Å². The number of ether oxygens (including phenoxy) is 2. The third-order valence-corrected chi connectivity index (χ3v) is 9.48. The summed E-state index contributed by atoms with van der Waals surface area (Å²) in [6.07, 6.45) is -2.42. The molecule has 8 rings (SSSR count). The van der Waals surface area contributed by atoms with Crippen LogP contribution in [0.1, 0.15) is 73.3 Å². The van der Waals surface area contributed by atoms with Crippen LogP contribution in [0.15, 0.2) is 109 Å². The topological polar surface area (TPSA) is 205 Å². The largest absolute Gasteiger partial charge is 0.417 e. The number of halogens is 3. The van der Waals surface area contributed by atoms with Gasteiger partial charge in [0.2, 0.25) is 11.8 Å². The summed E-state index contributed by atoms with van der Waals surface area (Å²) >= 11 is 0. The Labute approximate surface area is 330 Å². The number of nitrogen functional groups attached to an aromatic ring is 2. The van der Waals surface area contributed by atoms with Crippen molar-refractivity contribution in [1.29, 1.82) is 0 Å². The first-order valence-corrected chi connectivity index (χ1v) is 17.3. The van der Waals surface area contributed by atoms with Crippen molar-refractivity contribution in [2.75, 3.05) is 21.3 Å². The summed E-state index contributed by atoms with van der Waals surface area (Å²) < 4.78 is 54.7. The van der Waals surface area contributed by atoms with Crippen LogP contribution in [-0.2, 0) is 6.18 Å². The zero-order valence-electron chi connectivity index (χ0n) is 30.2. The fourth-order valence-corrected chi connectivity index (χ4v) is 6.65. The lowest BCUT2D eigenvalue weighted by Crippen LogP contribution is -2.29. The zero-order valence-corrected chi connectivity index (χ0v) is 30.2.